The van der Waals surface area contributed by atoms with Gasteiger partial charge < -0.3 is 4.90 Å². The first-order valence-electron chi connectivity index (χ1n) is 7.45. The van der Waals surface area contributed by atoms with Crippen LogP contribution in [0.2, 0.25) is 10.0 Å². The number of halogens is 2. The Labute approximate surface area is 153 Å². The van der Waals surface area contributed by atoms with Gasteiger partial charge in [0.05, 0.1) is 10.0 Å². The quantitative estimate of drug-likeness (QED) is 0.727. The standard InChI is InChI=1S/C17H20Cl2N2O2S/c1-20(2)11-12-21(13-14-7-4-3-5-8-14)24(22,23)17-15(18)9-6-10-16(17)19/h3-10H,11-13H2,1-2H3. The lowest BCUT2D eigenvalue weighted by Crippen LogP contribution is -2.36. The Hall–Kier alpha value is -1.11. The van der Waals surface area contributed by atoms with Gasteiger partial charge in [-0.1, -0.05) is 59.6 Å². The molecule has 0 aliphatic heterocycles. The van der Waals surface area contributed by atoms with Gasteiger partial charge in [-0.3, -0.25) is 0 Å². The second-order valence-corrected chi connectivity index (χ2v) is 8.37. The van der Waals surface area contributed by atoms with Crippen molar-refractivity contribution in [1.82, 2.24) is 9.21 Å². The summed E-state index contributed by atoms with van der Waals surface area (Å²) >= 11 is 12.2. The van der Waals surface area contributed by atoms with Gasteiger partial charge in [0.15, 0.2) is 0 Å². The van der Waals surface area contributed by atoms with E-state index in [2.05, 4.69) is 0 Å². The Bertz CT molecular complexity index is 760. The summed E-state index contributed by atoms with van der Waals surface area (Å²) in [6, 6.07) is 14.2. The van der Waals surface area contributed by atoms with E-state index in [0.29, 0.717) is 13.1 Å². The van der Waals surface area contributed by atoms with Gasteiger partial charge >= 0.3 is 0 Å². The number of benzene rings is 2. The second kappa shape index (κ2) is 8.32. The summed E-state index contributed by atoms with van der Waals surface area (Å²) in [7, 11) is -0.0163. The summed E-state index contributed by atoms with van der Waals surface area (Å²) in [6.07, 6.45) is 0. The molecule has 0 fully saturated rings. The van der Waals surface area contributed by atoms with E-state index in [1.165, 1.54) is 16.4 Å². The molecule has 0 aliphatic carbocycles. The van der Waals surface area contributed by atoms with Crippen LogP contribution in [0.25, 0.3) is 0 Å². The molecule has 2 aromatic carbocycles. The van der Waals surface area contributed by atoms with Crippen LogP contribution < -0.4 is 0 Å². The van der Waals surface area contributed by atoms with E-state index >= 15 is 0 Å². The molecule has 0 spiro atoms. The van der Waals surface area contributed by atoms with Crippen LogP contribution in [0.1, 0.15) is 5.56 Å². The molecular weight excluding hydrogens is 367 g/mol. The Morgan fingerprint density at radius 2 is 1.46 bits per heavy atom. The Morgan fingerprint density at radius 1 is 0.875 bits per heavy atom. The first-order valence-corrected chi connectivity index (χ1v) is 9.65. The number of likely N-dealkylation sites (N-methyl/N-ethyl adjacent to an activating group) is 1. The summed E-state index contributed by atoms with van der Waals surface area (Å²) in [4.78, 5) is 1.89. The van der Waals surface area contributed by atoms with Crippen LogP contribution in [-0.4, -0.2) is 44.8 Å². The topological polar surface area (TPSA) is 40.6 Å². The lowest BCUT2D eigenvalue weighted by atomic mass is 10.2. The zero-order chi connectivity index (χ0) is 17.7. The molecule has 0 bridgehead atoms. The van der Waals surface area contributed by atoms with Crippen molar-refractivity contribution in [3.8, 4) is 0 Å². The molecule has 0 saturated heterocycles. The number of hydrogen-bond donors (Lipinski definition) is 0. The highest BCUT2D eigenvalue weighted by atomic mass is 35.5. The minimum atomic E-state index is -3.81. The average molecular weight is 387 g/mol. The van der Waals surface area contributed by atoms with Crippen LogP contribution in [-0.2, 0) is 16.6 Å². The molecule has 0 heterocycles. The van der Waals surface area contributed by atoms with Gasteiger partial charge in [-0.2, -0.15) is 4.31 Å². The molecule has 4 nitrogen and oxygen atoms in total. The van der Waals surface area contributed by atoms with Crippen molar-refractivity contribution in [3.05, 3.63) is 64.1 Å². The van der Waals surface area contributed by atoms with Gasteiger partial charge in [-0.25, -0.2) is 8.42 Å². The normalized spacial score (nSPS) is 12.1. The highest BCUT2D eigenvalue weighted by Gasteiger charge is 2.29. The third-order valence-electron chi connectivity index (χ3n) is 3.52. The molecular formula is C17H20Cl2N2O2S. The Balaban J connectivity index is 2.41. The molecule has 0 N–H and O–H groups in total. The molecule has 0 aromatic heterocycles. The van der Waals surface area contributed by atoms with Crippen LogP contribution in [0.4, 0.5) is 0 Å². The fraction of sp³-hybridized carbons (Fsp3) is 0.294. The van der Waals surface area contributed by atoms with Crippen LogP contribution in [0, 0.1) is 0 Å². The van der Waals surface area contributed by atoms with Gasteiger partial charge in [-0.05, 0) is 31.8 Å². The van der Waals surface area contributed by atoms with Gasteiger partial charge in [-0.15, -0.1) is 0 Å². The van der Waals surface area contributed by atoms with E-state index in [0.717, 1.165) is 5.56 Å². The number of nitrogens with zero attached hydrogens (tertiary/aromatic N) is 2. The van der Waals surface area contributed by atoms with E-state index in [-0.39, 0.29) is 21.5 Å². The maximum absolute atomic E-state index is 13.1. The van der Waals surface area contributed by atoms with Gasteiger partial charge in [0.1, 0.15) is 4.90 Å². The lowest BCUT2D eigenvalue weighted by Gasteiger charge is -2.25. The molecule has 2 aromatic rings. The monoisotopic (exact) mass is 386 g/mol. The smallest absolute Gasteiger partial charge is 0.246 e. The summed E-state index contributed by atoms with van der Waals surface area (Å²) in [5.41, 5.74) is 0.906. The summed E-state index contributed by atoms with van der Waals surface area (Å²) in [5, 5.41) is 0.260. The van der Waals surface area contributed by atoms with Crippen molar-refractivity contribution >= 4 is 33.2 Å². The van der Waals surface area contributed by atoms with Gasteiger partial charge in [0, 0.05) is 19.6 Å². The minimum Gasteiger partial charge on any atom is -0.308 e. The van der Waals surface area contributed by atoms with E-state index in [1.54, 1.807) is 6.07 Å². The fourth-order valence-corrected chi connectivity index (χ4v) is 4.75. The fourth-order valence-electron chi connectivity index (χ4n) is 2.24. The molecule has 7 heteroatoms. The van der Waals surface area contributed by atoms with Crippen molar-refractivity contribution in [2.75, 3.05) is 27.2 Å². The van der Waals surface area contributed by atoms with Crippen molar-refractivity contribution in [2.24, 2.45) is 0 Å². The second-order valence-electron chi connectivity index (χ2n) is 5.68. The average Bonchev–Trinajstić information content (AvgIpc) is 2.51. The summed E-state index contributed by atoms with van der Waals surface area (Å²) in [5.74, 6) is 0. The molecule has 0 atom stereocenters. The maximum atomic E-state index is 13.1. The van der Waals surface area contributed by atoms with Gasteiger partial charge in [0.2, 0.25) is 10.0 Å². The zero-order valence-electron chi connectivity index (χ0n) is 13.6. The molecule has 0 radical (unpaired) electrons. The van der Waals surface area contributed by atoms with Crippen molar-refractivity contribution in [3.63, 3.8) is 0 Å². The maximum Gasteiger partial charge on any atom is 0.246 e. The van der Waals surface area contributed by atoms with E-state index < -0.39 is 10.0 Å². The minimum absolute atomic E-state index is 0.0389. The SMILES string of the molecule is CN(C)CCN(Cc1ccccc1)S(=O)(=O)c1c(Cl)cccc1Cl. The highest BCUT2D eigenvalue weighted by Crippen LogP contribution is 2.32. The molecule has 0 saturated carbocycles. The molecule has 0 aliphatic rings. The van der Waals surface area contributed by atoms with Gasteiger partial charge in [0.25, 0.3) is 0 Å². The van der Waals surface area contributed by atoms with Crippen LogP contribution in [0.15, 0.2) is 53.4 Å². The highest BCUT2D eigenvalue weighted by molar-refractivity contribution is 7.89. The largest absolute Gasteiger partial charge is 0.308 e. The molecule has 24 heavy (non-hydrogen) atoms. The van der Waals surface area contributed by atoms with Crippen molar-refractivity contribution < 1.29 is 8.42 Å². The lowest BCUT2D eigenvalue weighted by molar-refractivity contribution is 0.329. The molecule has 0 amide bonds. The zero-order valence-corrected chi connectivity index (χ0v) is 15.9. The molecule has 2 rings (SSSR count). The number of sulfonamides is 1. The van der Waals surface area contributed by atoms with Crippen molar-refractivity contribution in [2.45, 2.75) is 11.4 Å². The summed E-state index contributed by atoms with van der Waals surface area (Å²) in [6.45, 7) is 1.19. The Kier molecular flexibility index (Phi) is 6.66. The van der Waals surface area contributed by atoms with Crippen molar-refractivity contribution in [1.29, 1.82) is 0 Å². The third kappa shape index (κ3) is 4.71. The molecule has 130 valence electrons. The van der Waals surface area contributed by atoms with Crippen LogP contribution >= 0.6 is 23.2 Å². The van der Waals surface area contributed by atoms with Crippen LogP contribution in [0.5, 0.6) is 0 Å². The van der Waals surface area contributed by atoms with E-state index in [4.69, 9.17) is 23.2 Å². The number of rotatable bonds is 7. The van der Waals surface area contributed by atoms with Crippen LogP contribution in [0.3, 0.4) is 0 Å². The van der Waals surface area contributed by atoms with E-state index in [1.807, 2.05) is 49.3 Å². The number of hydrogen-bond acceptors (Lipinski definition) is 3. The first kappa shape index (κ1) is 19.2. The Morgan fingerprint density at radius 3 is 2.00 bits per heavy atom. The predicted octanol–water partition coefficient (Wildman–Crippen LogP) is 3.75. The predicted molar refractivity (Wildman–Crippen MR) is 99.1 cm³/mol. The molecule has 0 unspecified atom stereocenters. The first-order chi connectivity index (χ1) is 11.3. The third-order valence-corrected chi connectivity index (χ3v) is 6.32. The summed E-state index contributed by atoms with van der Waals surface area (Å²) < 4.78 is 27.7. The van der Waals surface area contributed by atoms with E-state index in [9.17, 15) is 8.42 Å².